The van der Waals surface area contributed by atoms with E-state index in [2.05, 4.69) is 53.3 Å². The third-order valence-corrected chi connectivity index (χ3v) is 8.16. The number of hydrogen-bond donors (Lipinski definition) is 0. The Balaban J connectivity index is 1.94. The Labute approximate surface area is 179 Å². The molecule has 162 valence electrons. The van der Waals surface area contributed by atoms with Crippen LogP contribution in [0.1, 0.15) is 96.6 Å². The van der Waals surface area contributed by atoms with Crippen molar-refractivity contribution in [3.63, 3.8) is 0 Å². The SMILES string of the molecule is C=C1CC(c2c(OC)cc(C(C)(C)CCCCCC)cc2OC)[C@H]2C[C@@H]1C2(C)C. The second kappa shape index (κ2) is 8.36. The number of fused-ring (bicyclic) bond motifs is 2. The van der Waals surface area contributed by atoms with Crippen molar-refractivity contribution in [2.24, 2.45) is 17.3 Å². The van der Waals surface area contributed by atoms with Crippen LogP contribution in [0.15, 0.2) is 24.3 Å². The van der Waals surface area contributed by atoms with Crippen LogP contribution >= 0.6 is 0 Å². The average molecular weight is 399 g/mol. The van der Waals surface area contributed by atoms with E-state index in [-0.39, 0.29) is 5.41 Å². The summed E-state index contributed by atoms with van der Waals surface area (Å²) < 4.78 is 12.0. The summed E-state index contributed by atoms with van der Waals surface area (Å²) in [5.74, 6) is 3.80. The van der Waals surface area contributed by atoms with Crippen LogP contribution in [-0.2, 0) is 5.41 Å². The minimum atomic E-state index is 0.115. The van der Waals surface area contributed by atoms with Crippen molar-refractivity contribution in [2.45, 2.75) is 90.9 Å². The van der Waals surface area contributed by atoms with Crippen LogP contribution in [0.25, 0.3) is 0 Å². The Bertz CT molecular complexity index is 718. The lowest BCUT2D eigenvalue weighted by Gasteiger charge is -2.61. The molecule has 29 heavy (non-hydrogen) atoms. The number of methoxy groups -OCH3 is 2. The third-order valence-electron chi connectivity index (χ3n) is 8.16. The Morgan fingerprint density at radius 1 is 1.07 bits per heavy atom. The largest absolute Gasteiger partial charge is 0.496 e. The van der Waals surface area contributed by atoms with Gasteiger partial charge in [0.15, 0.2) is 0 Å². The monoisotopic (exact) mass is 398 g/mol. The number of rotatable bonds is 9. The number of ether oxygens (including phenoxy) is 2. The molecule has 0 aliphatic heterocycles. The first-order valence-corrected chi connectivity index (χ1v) is 11.6. The molecule has 0 spiro atoms. The third kappa shape index (κ3) is 3.97. The van der Waals surface area contributed by atoms with Gasteiger partial charge in [-0.2, -0.15) is 0 Å². The van der Waals surface area contributed by atoms with Crippen molar-refractivity contribution in [1.82, 2.24) is 0 Å². The fraction of sp³-hybridized carbons (Fsp3) is 0.704. The molecule has 3 aliphatic rings. The van der Waals surface area contributed by atoms with Gasteiger partial charge in [-0.15, -0.1) is 0 Å². The summed E-state index contributed by atoms with van der Waals surface area (Å²) in [7, 11) is 3.62. The second-order valence-electron chi connectivity index (χ2n) is 10.7. The summed E-state index contributed by atoms with van der Waals surface area (Å²) in [4.78, 5) is 0. The molecule has 0 saturated heterocycles. The molecule has 0 N–H and O–H groups in total. The topological polar surface area (TPSA) is 18.5 Å². The molecule has 1 aromatic carbocycles. The lowest BCUT2D eigenvalue weighted by atomic mass is 9.43. The van der Waals surface area contributed by atoms with Crippen LogP contribution in [0.2, 0.25) is 0 Å². The van der Waals surface area contributed by atoms with Crippen molar-refractivity contribution < 1.29 is 9.47 Å². The number of hydrogen-bond acceptors (Lipinski definition) is 2. The van der Waals surface area contributed by atoms with Crippen LogP contribution in [0.3, 0.4) is 0 Å². The Kier molecular flexibility index (Phi) is 6.41. The molecule has 2 nitrogen and oxygen atoms in total. The van der Waals surface area contributed by atoms with Crippen molar-refractivity contribution in [1.29, 1.82) is 0 Å². The molecule has 3 fully saturated rings. The number of unbranched alkanes of at least 4 members (excludes halogenated alkanes) is 3. The minimum absolute atomic E-state index is 0.115. The van der Waals surface area contributed by atoms with E-state index in [9.17, 15) is 0 Å². The van der Waals surface area contributed by atoms with E-state index in [1.54, 1.807) is 0 Å². The molecule has 0 heterocycles. The molecule has 4 rings (SSSR count). The van der Waals surface area contributed by atoms with Gasteiger partial charge in [0.25, 0.3) is 0 Å². The second-order valence-corrected chi connectivity index (χ2v) is 10.7. The van der Waals surface area contributed by atoms with Gasteiger partial charge in [0, 0.05) is 5.56 Å². The molecule has 1 unspecified atom stereocenters. The van der Waals surface area contributed by atoms with Gasteiger partial charge >= 0.3 is 0 Å². The molecule has 0 radical (unpaired) electrons. The zero-order valence-electron chi connectivity index (χ0n) is 19.9. The lowest BCUT2D eigenvalue weighted by molar-refractivity contribution is -0.0444. The Morgan fingerprint density at radius 3 is 2.17 bits per heavy atom. The first-order valence-electron chi connectivity index (χ1n) is 11.6. The quantitative estimate of drug-likeness (QED) is 0.314. The van der Waals surface area contributed by atoms with Gasteiger partial charge in [-0.1, -0.05) is 72.5 Å². The highest BCUT2D eigenvalue weighted by atomic mass is 16.5. The summed E-state index contributed by atoms with van der Waals surface area (Å²) in [6, 6.07) is 4.58. The number of allylic oxidation sites excluding steroid dienone is 1. The van der Waals surface area contributed by atoms with Crippen LogP contribution in [0.5, 0.6) is 11.5 Å². The molecule has 1 aromatic rings. The number of benzene rings is 1. The van der Waals surface area contributed by atoms with Crippen LogP contribution < -0.4 is 9.47 Å². The Morgan fingerprint density at radius 2 is 1.69 bits per heavy atom. The van der Waals surface area contributed by atoms with Crippen LogP contribution in [0.4, 0.5) is 0 Å². The van der Waals surface area contributed by atoms with Gasteiger partial charge in [0.2, 0.25) is 0 Å². The zero-order valence-corrected chi connectivity index (χ0v) is 19.9. The highest BCUT2D eigenvalue weighted by Crippen LogP contribution is 2.67. The fourth-order valence-corrected chi connectivity index (χ4v) is 6.04. The summed E-state index contributed by atoms with van der Waals surface area (Å²) in [6.07, 6.45) is 8.70. The van der Waals surface area contributed by atoms with E-state index in [1.807, 2.05) is 14.2 Å². The van der Waals surface area contributed by atoms with E-state index < -0.39 is 0 Å². The first-order chi connectivity index (χ1) is 13.7. The van der Waals surface area contributed by atoms with Gasteiger partial charge in [-0.25, -0.2) is 0 Å². The van der Waals surface area contributed by atoms with E-state index >= 15 is 0 Å². The van der Waals surface area contributed by atoms with Crippen molar-refractivity contribution in [3.05, 3.63) is 35.4 Å². The fourth-order valence-electron chi connectivity index (χ4n) is 6.04. The van der Waals surface area contributed by atoms with E-state index in [0.717, 1.165) is 17.9 Å². The highest BCUT2D eigenvalue weighted by Gasteiger charge is 2.57. The minimum Gasteiger partial charge on any atom is -0.496 e. The summed E-state index contributed by atoms with van der Waals surface area (Å²) in [5, 5.41) is 0. The maximum Gasteiger partial charge on any atom is 0.126 e. The van der Waals surface area contributed by atoms with Crippen molar-refractivity contribution in [3.8, 4) is 11.5 Å². The molecule has 0 aromatic heterocycles. The molecule has 2 bridgehead atoms. The van der Waals surface area contributed by atoms with Crippen LogP contribution in [-0.4, -0.2) is 14.2 Å². The van der Waals surface area contributed by atoms with Gasteiger partial charge in [-0.3, -0.25) is 0 Å². The average Bonchev–Trinajstić information content (AvgIpc) is 2.69. The predicted molar refractivity (Wildman–Crippen MR) is 123 cm³/mol. The predicted octanol–water partition coefficient (Wildman–Crippen LogP) is 7.66. The normalized spacial score (nSPS) is 25.5. The standard InChI is InChI=1S/C27H42O2/c1-9-10-11-12-13-26(3,4)19-15-23(28-7)25(24(16-19)29-8)20-14-18(2)21-17-22(20)27(21,5)6/h15-16,20-22H,2,9-14,17H2,1,3-8H3/t20?,21-,22+/m0/s1. The molecule has 3 aliphatic carbocycles. The summed E-state index contributed by atoms with van der Waals surface area (Å²) in [6.45, 7) is 16.2. The van der Waals surface area contributed by atoms with E-state index in [4.69, 9.17) is 9.47 Å². The molecular weight excluding hydrogens is 356 g/mol. The first kappa shape index (κ1) is 22.2. The summed E-state index contributed by atoms with van der Waals surface area (Å²) >= 11 is 0. The molecular formula is C27H42O2. The molecule has 0 amide bonds. The lowest BCUT2D eigenvalue weighted by Crippen LogP contribution is -2.52. The van der Waals surface area contributed by atoms with Crippen molar-refractivity contribution >= 4 is 0 Å². The zero-order chi connectivity index (χ0) is 21.4. The maximum atomic E-state index is 5.98. The van der Waals surface area contributed by atoms with Gasteiger partial charge in [-0.05, 0) is 65.5 Å². The van der Waals surface area contributed by atoms with E-state index in [0.29, 0.717) is 23.2 Å². The van der Waals surface area contributed by atoms with E-state index in [1.165, 1.54) is 55.2 Å². The van der Waals surface area contributed by atoms with Gasteiger partial charge in [0.1, 0.15) is 11.5 Å². The van der Waals surface area contributed by atoms with Gasteiger partial charge in [0.05, 0.1) is 14.2 Å². The molecule has 2 heteroatoms. The molecule has 3 atom stereocenters. The maximum absolute atomic E-state index is 5.98. The van der Waals surface area contributed by atoms with Crippen LogP contribution in [0, 0.1) is 17.3 Å². The molecule has 3 saturated carbocycles. The smallest absolute Gasteiger partial charge is 0.126 e. The highest BCUT2D eigenvalue weighted by molar-refractivity contribution is 5.53. The Hall–Kier alpha value is -1.44. The van der Waals surface area contributed by atoms with Crippen molar-refractivity contribution in [2.75, 3.05) is 14.2 Å². The van der Waals surface area contributed by atoms with Gasteiger partial charge < -0.3 is 9.47 Å². The summed E-state index contributed by atoms with van der Waals surface area (Å²) in [5.41, 5.74) is 4.44.